The summed E-state index contributed by atoms with van der Waals surface area (Å²) in [5.74, 6) is -0.0115. The fourth-order valence-electron chi connectivity index (χ4n) is 4.91. The topological polar surface area (TPSA) is 54.7 Å². The average molecular weight is 473 g/mol. The molecule has 6 nitrogen and oxygen atoms in total. The molecule has 1 amide bonds. The third-order valence-corrected chi connectivity index (χ3v) is 6.51. The fourth-order valence-corrected chi connectivity index (χ4v) is 4.91. The number of ether oxygens (including phenoxy) is 1. The van der Waals surface area contributed by atoms with Gasteiger partial charge in [-0.15, -0.1) is 0 Å². The SMILES string of the molecule is CCC.CO[n+]1cc(C(F)(F)F)cc2c1CCN(C(=O)C1CCC(NC3CCOCC3)C1)C2. The van der Waals surface area contributed by atoms with Crippen LogP contribution < -0.4 is 14.9 Å². The zero-order valence-corrected chi connectivity index (χ0v) is 19.9. The van der Waals surface area contributed by atoms with E-state index in [0.717, 1.165) is 57.6 Å². The molecule has 0 radical (unpaired) electrons. The lowest BCUT2D eigenvalue weighted by Crippen LogP contribution is -2.50. The molecule has 1 saturated carbocycles. The van der Waals surface area contributed by atoms with Crippen LogP contribution in [0.2, 0.25) is 0 Å². The number of aromatic nitrogens is 1. The number of carbonyl (C=O) groups excluding carboxylic acids is 1. The van der Waals surface area contributed by atoms with Crippen LogP contribution in [0.15, 0.2) is 12.3 Å². The summed E-state index contributed by atoms with van der Waals surface area (Å²) in [5.41, 5.74) is 0.431. The highest BCUT2D eigenvalue weighted by Gasteiger charge is 2.40. The average Bonchev–Trinajstić information content (AvgIpc) is 3.26. The molecule has 1 N–H and O–H groups in total. The molecular weight excluding hydrogens is 435 g/mol. The van der Waals surface area contributed by atoms with Crippen LogP contribution in [-0.4, -0.2) is 49.8 Å². The largest absolute Gasteiger partial charge is 0.422 e. The van der Waals surface area contributed by atoms with Crippen molar-refractivity contribution in [3.63, 3.8) is 0 Å². The Morgan fingerprint density at radius 1 is 1.21 bits per heavy atom. The summed E-state index contributed by atoms with van der Waals surface area (Å²) in [6.07, 6.45) is 2.81. The molecule has 2 fully saturated rings. The quantitative estimate of drug-likeness (QED) is 0.684. The second-order valence-electron chi connectivity index (χ2n) is 9.18. The first kappa shape index (κ1) is 25.7. The van der Waals surface area contributed by atoms with E-state index >= 15 is 0 Å². The fraction of sp³-hybridized carbons (Fsp3) is 0.750. The van der Waals surface area contributed by atoms with E-state index in [1.165, 1.54) is 18.3 Å². The van der Waals surface area contributed by atoms with Gasteiger partial charge in [-0.1, -0.05) is 20.3 Å². The maximum absolute atomic E-state index is 13.2. The molecule has 33 heavy (non-hydrogen) atoms. The van der Waals surface area contributed by atoms with Crippen molar-refractivity contribution < 1.29 is 32.3 Å². The molecule has 1 aromatic heterocycles. The summed E-state index contributed by atoms with van der Waals surface area (Å²) in [7, 11) is 1.35. The summed E-state index contributed by atoms with van der Waals surface area (Å²) < 4.78 is 46.3. The highest BCUT2D eigenvalue weighted by molar-refractivity contribution is 5.79. The first-order chi connectivity index (χ1) is 15.8. The van der Waals surface area contributed by atoms with Gasteiger partial charge in [0.05, 0.1) is 13.0 Å². The Hall–Kier alpha value is -1.87. The van der Waals surface area contributed by atoms with Crippen molar-refractivity contribution in [2.24, 2.45) is 5.92 Å². The summed E-state index contributed by atoms with van der Waals surface area (Å²) in [4.78, 5) is 19.9. The summed E-state index contributed by atoms with van der Waals surface area (Å²) in [6.45, 7) is 6.49. The van der Waals surface area contributed by atoms with Crippen LogP contribution >= 0.6 is 0 Å². The first-order valence-corrected chi connectivity index (χ1v) is 12.1. The Bertz CT molecular complexity index is 797. The number of pyridine rings is 1. The van der Waals surface area contributed by atoms with Crippen LogP contribution in [0.4, 0.5) is 13.2 Å². The number of rotatable bonds is 4. The van der Waals surface area contributed by atoms with Gasteiger partial charge in [0.1, 0.15) is 12.7 Å². The Morgan fingerprint density at radius 2 is 1.91 bits per heavy atom. The predicted molar refractivity (Wildman–Crippen MR) is 117 cm³/mol. The van der Waals surface area contributed by atoms with Gasteiger partial charge in [0, 0.05) is 48.1 Å². The maximum atomic E-state index is 13.2. The van der Waals surface area contributed by atoms with Gasteiger partial charge in [-0.3, -0.25) is 9.63 Å². The zero-order chi connectivity index (χ0) is 24.0. The summed E-state index contributed by atoms with van der Waals surface area (Å²) >= 11 is 0. The normalized spacial score (nSPS) is 23.5. The molecule has 186 valence electrons. The van der Waals surface area contributed by atoms with Gasteiger partial charge in [-0.2, -0.15) is 13.2 Å². The summed E-state index contributed by atoms with van der Waals surface area (Å²) in [5, 5.41) is 3.66. The monoisotopic (exact) mass is 472 g/mol. The van der Waals surface area contributed by atoms with Crippen molar-refractivity contribution in [1.82, 2.24) is 10.2 Å². The third-order valence-electron chi connectivity index (χ3n) is 6.51. The molecule has 2 atom stereocenters. The number of carbonyl (C=O) groups is 1. The number of nitrogens with zero attached hydrogens (tertiary/aromatic N) is 2. The number of halogens is 3. The molecule has 1 saturated heterocycles. The molecule has 0 bridgehead atoms. The van der Waals surface area contributed by atoms with E-state index in [0.29, 0.717) is 36.3 Å². The van der Waals surface area contributed by atoms with Crippen LogP contribution in [0, 0.1) is 5.92 Å². The van der Waals surface area contributed by atoms with Crippen molar-refractivity contribution in [1.29, 1.82) is 0 Å². The lowest BCUT2D eigenvalue weighted by molar-refractivity contribution is -0.891. The van der Waals surface area contributed by atoms with Gasteiger partial charge >= 0.3 is 6.18 Å². The zero-order valence-electron chi connectivity index (χ0n) is 19.9. The number of alkyl halides is 3. The minimum Gasteiger partial charge on any atom is -0.381 e. The number of hydrogen-bond acceptors (Lipinski definition) is 4. The predicted octanol–water partition coefficient (Wildman–Crippen LogP) is 3.29. The van der Waals surface area contributed by atoms with E-state index in [-0.39, 0.29) is 18.4 Å². The standard InChI is InChI=1S/C21H29F3N3O3.C3H8/c1-29-27-13-16(21(22,23)24)10-15-12-26(7-4-19(15)27)20(28)14-2-3-18(11-14)25-17-5-8-30-9-6-17;1-3-2/h10,13-14,17-18,25H,2-9,11-12H2,1H3;3H2,1-2H3/q+1;. The Labute approximate surface area is 194 Å². The molecule has 0 aromatic carbocycles. The molecule has 9 heteroatoms. The lowest BCUT2D eigenvalue weighted by atomic mass is 10.00. The van der Waals surface area contributed by atoms with Crippen molar-refractivity contribution in [3.8, 4) is 0 Å². The van der Waals surface area contributed by atoms with E-state index in [1.54, 1.807) is 4.90 Å². The summed E-state index contributed by atoms with van der Waals surface area (Å²) in [6, 6.07) is 1.92. The van der Waals surface area contributed by atoms with Crippen LogP contribution in [-0.2, 0) is 28.7 Å². The van der Waals surface area contributed by atoms with E-state index in [2.05, 4.69) is 19.2 Å². The third kappa shape index (κ3) is 6.59. The molecule has 3 aliphatic rings. The van der Waals surface area contributed by atoms with Gasteiger partial charge in [0.15, 0.2) is 0 Å². The van der Waals surface area contributed by atoms with Gasteiger partial charge < -0.3 is 15.0 Å². The Morgan fingerprint density at radius 3 is 2.55 bits per heavy atom. The van der Waals surface area contributed by atoms with Crippen molar-refractivity contribution >= 4 is 5.91 Å². The van der Waals surface area contributed by atoms with Gasteiger partial charge in [-0.05, 0) is 38.2 Å². The highest BCUT2D eigenvalue weighted by atomic mass is 19.4. The van der Waals surface area contributed by atoms with E-state index in [4.69, 9.17) is 9.57 Å². The molecule has 0 spiro atoms. The smallest absolute Gasteiger partial charge is 0.381 e. The van der Waals surface area contributed by atoms with E-state index in [1.807, 2.05) is 0 Å². The minimum atomic E-state index is -4.46. The molecule has 1 aromatic rings. The van der Waals surface area contributed by atoms with Crippen molar-refractivity contribution in [2.45, 2.75) is 83.6 Å². The lowest BCUT2D eigenvalue weighted by Gasteiger charge is -2.30. The molecule has 2 unspecified atom stereocenters. The van der Waals surface area contributed by atoms with Crippen LogP contribution in [0.25, 0.3) is 0 Å². The minimum absolute atomic E-state index is 0.0540. The number of fused-ring (bicyclic) bond motifs is 1. The van der Waals surface area contributed by atoms with Gasteiger partial charge in [-0.25, -0.2) is 0 Å². The first-order valence-electron chi connectivity index (χ1n) is 12.1. The maximum Gasteiger partial charge on any atom is 0.422 e. The molecule has 2 aliphatic heterocycles. The van der Waals surface area contributed by atoms with Gasteiger partial charge in [0.2, 0.25) is 17.8 Å². The number of amides is 1. The van der Waals surface area contributed by atoms with E-state index in [9.17, 15) is 18.0 Å². The second-order valence-corrected chi connectivity index (χ2v) is 9.18. The molecule has 1 aliphatic carbocycles. The van der Waals surface area contributed by atoms with E-state index < -0.39 is 11.7 Å². The molecule has 3 heterocycles. The van der Waals surface area contributed by atoms with Gasteiger partial charge in [0.25, 0.3) is 0 Å². The second kappa shape index (κ2) is 11.5. The molecular formula is C24H37F3N3O3+. The van der Waals surface area contributed by atoms with Crippen LogP contribution in [0.1, 0.15) is 69.2 Å². The highest BCUT2D eigenvalue weighted by Crippen LogP contribution is 2.32. The Balaban J connectivity index is 0.000000968. The molecule has 4 rings (SSSR count). The van der Waals surface area contributed by atoms with Crippen molar-refractivity contribution in [3.05, 3.63) is 29.1 Å². The Kier molecular flexibility index (Phi) is 8.98. The number of nitrogens with one attached hydrogen (secondary N) is 1. The van der Waals surface area contributed by atoms with Crippen LogP contribution in [0.5, 0.6) is 0 Å². The number of hydrogen-bond donors (Lipinski definition) is 1. The van der Waals surface area contributed by atoms with Crippen molar-refractivity contribution in [2.75, 3.05) is 26.9 Å². The van der Waals surface area contributed by atoms with Crippen LogP contribution in [0.3, 0.4) is 0 Å².